The Morgan fingerprint density at radius 1 is 0.947 bits per heavy atom. The summed E-state index contributed by atoms with van der Waals surface area (Å²) in [6.07, 6.45) is -0.735. The fourth-order valence-corrected chi connectivity index (χ4v) is 2.37. The third-order valence-electron chi connectivity index (χ3n) is 3.14. The molecule has 2 rings (SSSR count). The summed E-state index contributed by atoms with van der Waals surface area (Å²) in [7, 11) is 0. The third-order valence-corrected chi connectivity index (χ3v) is 3.14. The monoisotopic (exact) mass is 250 g/mol. The second-order valence-electron chi connectivity index (χ2n) is 4.85. The fraction of sp³-hybridized carbons (Fsp3) is 0.222. The molecule has 0 aliphatic heterocycles. The molecular weight excluding hydrogens is 232 g/mol. The molecule has 0 aliphatic carbocycles. The number of hydrogen-bond acceptors (Lipinski definition) is 1. The van der Waals surface area contributed by atoms with E-state index in [-0.39, 0.29) is 0 Å². The molecule has 0 aliphatic rings. The standard InChI is InChI=1S/C18H18O/c1-13-11-14(2)18(15(3)12-13)17(19)10-9-16-7-5-4-6-8-16/h4-8,11-12,17,19H,1-3H3. The zero-order chi connectivity index (χ0) is 13.8. The molecule has 1 heteroatoms. The van der Waals surface area contributed by atoms with E-state index in [1.807, 2.05) is 44.2 Å². The van der Waals surface area contributed by atoms with Gasteiger partial charge in [-0.3, -0.25) is 0 Å². The molecule has 1 unspecified atom stereocenters. The van der Waals surface area contributed by atoms with Crippen LogP contribution in [0.5, 0.6) is 0 Å². The van der Waals surface area contributed by atoms with Gasteiger partial charge in [-0.1, -0.05) is 47.7 Å². The van der Waals surface area contributed by atoms with E-state index in [2.05, 4.69) is 30.9 Å². The SMILES string of the molecule is Cc1cc(C)c(C(O)C#Cc2ccccc2)c(C)c1. The van der Waals surface area contributed by atoms with Gasteiger partial charge in [0.05, 0.1) is 0 Å². The molecule has 0 heterocycles. The third kappa shape index (κ3) is 3.24. The van der Waals surface area contributed by atoms with Crippen LogP contribution < -0.4 is 0 Å². The molecule has 0 saturated carbocycles. The van der Waals surface area contributed by atoms with Crippen LogP contribution in [0.3, 0.4) is 0 Å². The van der Waals surface area contributed by atoms with E-state index >= 15 is 0 Å². The predicted molar refractivity (Wildman–Crippen MR) is 78.9 cm³/mol. The molecule has 1 nitrogen and oxygen atoms in total. The second-order valence-corrected chi connectivity index (χ2v) is 4.85. The Morgan fingerprint density at radius 2 is 1.53 bits per heavy atom. The quantitative estimate of drug-likeness (QED) is 0.765. The predicted octanol–water partition coefficient (Wildman–Crippen LogP) is 3.70. The smallest absolute Gasteiger partial charge is 0.141 e. The van der Waals surface area contributed by atoms with Crippen LogP contribution >= 0.6 is 0 Å². The second kappa shape index (κ2) is 5.73. The molecule has 0 saturated heterocycles. The van der Waals surface area contributed by atoms with Gasteiger partial charge in [0.2, 0.25) is 0 Å². The molecule has 0 amide bonds. The molecule has 19 heavy (non-hydrogen) atoms. The van der Waals surface area contributed by atoms with Crippen molar-refractivity contribution in [1.29, 1.82) is 0 Å². The molecule has 1 atom stereocenters. The highest BCUT2D eigenvalue weighted by Gasteiger charge is 2.11. The Kier molecular flexibility index (Phi) is 4.04. The minimum Gasteiger partial charge on any atom is -0.376 e. The zero-order valence-electron chi connectivity index (χ0n) is 11.6. The average Bonchev–Trinajstić information content (AvgIpc) is 2.36. The van der Waals surface area contributed by atoms with Gasteiger partial charge in [-0.05, 0) is 49.6 Å². The molecular formula is C18H18O. The van der Waals surface area contributed by atoms with Crippen LogP contribution in [0.1, 0.15) is 33.9 Å². The number of aliphatic hydroxyl groups excluding tert-OH is 1. The summed E-state index contributed by atoms with van der Waals surface area (Å²) in [4.78, 5) is 0. The van der Waals surface area contributed by atoms with Crippen molar-refractivity contribution in [1.82, 2.24) is 0 Å². The summed E-state index contributed by atoms with van der Waals surface area (Å²) in [6, 6.07) is 13.9. The fourth-order valence-electron chi connectivity index (χ4n) is 2.37. The lowest BCUT2D eigenvalue weighted by Crippen LogP contribution is -2.01. The van der Waals surface area contributed by atoms with Gasteiger partial charge < -0.3 is 5.11 Å². The number of rotatable bonds is 1. The van der Waals surface area contributed by atoms with Gasteiger partial charge in [0, 0.05) is 5.56 Å². The van der Waals surface area contributed by atoms with Gasteiger partial charge in [-0.25, -0.2) is 0 Å². The summed E-state index contributed by atoms with van der Waals surface area (Å²) in [6.45, 7) is 6.09. The molecule has 0 fully saturated rings. The van der Waals surface area contributed by atoms with Crippen molar-refractivity contribution in [3.8, 4) is 11.8 Å². The van der Waals surface area contributed by atoms with E-state index in [1.165, 1.54) is 5.56 Å². The Bertz CT molecular complexity index is 607. The first kappa shape index (κ1) is 13.4. The summed E-state index contributed by atoms with van der Waals surface area (Å²) in [5.41, 5.74) is 5.24. The zero-order valence-corrected chi connectivity index (χ0v) is 11.6. The highest BCUT2D eigenvalue weighted by molar-refractivity contribution is 5.43. The maximum Gasteiger partial charge on any atom is 0.141 e. The first-order chi connectivity index (χ1) is 9.08. The van der Waals surface area contributed by atoms with Crippen LogP contribution in [-0.2, 0) is 0 Å². The van der Waals surface area contributed by atoms with E-state index in [0.29, 0.717) is 0 Å². The summed E-state index contributed by atoms with van der Waals surface area (Å²) >= 11 is 0. The van der Waals surface area contributed by atoms with Crippen molar-refractivity contribution in [2.45, 2.75) is 26.9 Å². The molecule has 0 spiro atoms. The van der Waals surface area contributed by atoms with Crippen molar-refractivity contribution in [2.24, 2.45) is 0 Å². The van der Waals surface area contributed by atoms with Crippen LogP contribution in [0, 0.1) is 32.6 Å². The molecule has 2 aromatic carbocycles. The Labute approximate surface area is 114 Å². The minimum atomic E-state index is -0.735. The first-order valence-electron chi connectivity index (χ1n) is 6.40. The van der Waals surface area contributed by atoms with E-state index < -0.39 is 6.10 Å². The van der Waals surface area contributed by atoms with Crippen LogP contribution in [0.2, 0.25) is 0 Å². The average molecular weight is 250 g/mol. The van der Waals surface area contributed by atoms with E-state index in [4.69, 9.17) is 0 Å². The maximum absolute atomic E-state index is 10.3. The van der Waals surface area contributed by atoms with E-state index in [9.17, 15) is 5.11 Å². The first-order valence-corrected chi connectivity index (χ1v) is 6.40. The number of aryl methyl sites for hydroxylation is 3. The van der Waals surface area contributed by atoms with Crippen molar-refractivity contribution in [3.05, 3.63) is 70.3 Å². The van der Waals surface area contributed by atoms with Crippen molar-refractivity contribution in [2.75, 3.05) is 0 Å². The van der Waals surface area contributed by atoms with Crippen LogP contribution in [0.15, 0.2) is 42.5 Å². The number of benzene rings is 2. The topological polar surface area (TPSA) is 20.2 Å². The number of aliphatic hydroxyl groups is 1. The normalized spacial score (nSPS) is 11.6. The molecule has 1 N–H and O–H groups in total. The maximum atomic E-state index is 10.3. The van der Waals surface area contributed by atoms with Crippen LogP contribution in [0.4, 0.5) is 0 Å². The molecule has 96 valence electrons. The molecule has 0 radical (unpaired) electrons. The lowest BCUT2D eigenvalue weighted by molar-refractivity contribution is 0.237. The Hall–Kier alpha value is -2.04. The van der Waals surface area contributed by atoms with Gasteiger partial charge in [0.25, 0.3) is 0 Å². The lowest BCUT2D eigenvalue weighted by atomic mass is 9.95. The van der Waals surface area contributed by atoms with Crippen molar-refractivity contribution in [3.63, 3.8) is 0 Å². The van der Waals surface area contributed by atoms with Gasteiger partial charge in [-0.2, -0.15) is 0 Å². The summed E-state index contributed by atoms with van der Waals surface area (Å²) in [5.74, 6) is 5.93. The lowest BCUT2D eigenvalue weighted by Gasteiger charge is -2.13. The molecule has 2 aromatic rings. The highest BCUT2D eigenvalue weighted by atomic mass is 16.3. The summed E-state index contributed by atoms with van der Waals surface area (Å²) in [5, 5.41) is 10.3. The van der Waals surface area contributed by atoms with E-state index in [1.54, 1.807) is 0 Å². The van der Waals surface area contributed by atoms with Gasteiger partial charge in [0.15, 0.2) is 0 Å². The van der Waals surface area contributed by atoms with Crippen LogP contribution in [-0.4, -0.2) is 5.11 Å². The van der Waals surface area contributed by atoms with Gasteiger partial charge in [0.1, 0.15) is 6.10 Å². The minimum absolute atomic E-state index is 0.735. The van der Waals surface area contributed by atoms with Gasteiger partial charge >= 0.3 is 0 Å². The Balaban J connectivity index is 2.31. The van der Waals surface area contributed by atoms with Crippen molar-refractivity contribution < 1.29 is 5.11 Å². The van der Waals surface area contributed by atoms with E-state index in [0.717, 1.165) is 22.3 Å². The van der Waals surface area contributed by atoms with Gasteiger partial charge in [-0.15, -0.1) is 0 Å². The Morgan fingerprint density at radius 3 is 2.11 bits per heavy atom. The molecule has 0 aromatic heterocycles. The molecule has 0 bridgehead atoms. The number of hydrogen-bond donors (Lipinski definition) is 1. The van der Waals surface area contributed by atoms with Crippen LogP contribution in [0.25, 0.3) is 0 Å². The van der Waals surface area contributed by atoms with Crippen molar-refractivity contribution >= 4 is 0 Å². The summed E-state index contributed by atoms with van der Waals surface area (Å²) < 4.78 is 0. The highest BCUT2D eigenvalue weighted by Crippen LogP contribution is 2.23. The largest absolute Gasteiger partial charge is 0.376 e.